The highest BCUT2D eigenvalue weighted by Gasteiger charge is 2.35. The van der Waals surface area contributed by atoms with Crippen LogP contribution in [-0.2, 0) is 6.18 Å². The van der Waals surface area contributed by atoms with Crippen LogP contribution in [-0.4, -0.2) is 19.5 Å². The van der Waals surface area contributed by atoms with Gasteiger partial charge in [0.1, 0.15) is 11.8 Å². The summed E-state index contributed by atoms with van der Waals surface area (Å²) in [7, 11) is 0. The van der Waals surface area contributed by atoms with Crippen LogP contribution in [0.4, 0.5) is 19.0 Å². The van der Waals surface area contributed by atoms with Gasteiger partial charge in [-0.3, -0.25) is 14.3 Å². The lowest BCUT2D eigenvalue weighted by Crippen LogP contribution is -2.26. The van der Waals surface area contributed by atoms with Crippen LogP contribution in [0.15, 0.2) is 71.2 Å². The molecule has 33 heavy (non-hydrogen) atoms. The Morgan fingerprint density at radius 3 is 2.61 bits per heavy atom. The number of para-hydroxylation sites is 1. The molecule has 1 atom stereocenters. The lowest BCUT2D eigenvalue weighted by Gasteiger charge is -2.21. The average molecular weight is 467 g/mol. The first-order valence-electron chi connectivity index (χ1n) is 9.96. The van der Waals surface area contributed by atoms with Crippen molar-refractivity contribution in [3.8, 4) is 5.69 Å². The summed E-state index contributed by atoms with van der Waals surface area (Å²) in [4.78, 5) is 26.3. The molecule has 0 spiro atoms. The van der Waals surface area contributed by atoms with Crippen LogP contribution in [0.25, 0.3) is 26.8 Å². The molecule has 0 bridgehead atoms. The fourth-order valence-electron chi connectivity index (χ4n) is 3.78. The molecule has 5 rings (SSSR count). The number of alkyl halides is 3. The van der Waals surface area contributed by atoms with E-state index in [0.29, 0.717) is 28.2 Å². The summed E-state index contributed by atoms with van der Waals surface area (Å²) in [5, 5.41) is 3.91. The molecular weight excluding hydrogens is 451 g/mol. The quantitative estimate of drug-likeness (QED) is 0.374. The number of hydrogen-bond acceptors (Lipinski definition) is 6. The van der Waals surface area contributed by atoms with Crippen molar-refractivity contribution in [2.24, 2.45) is 0 Å². The summed E-state index contributed by atoms with van der Waals surface area (Å²) in [5.41, 5.74) is 0.523. The summed E-state index contributed by atoms with van der Waals surface area (Å²) in [6.07, 6.45) is -1.60. The standard InChI is InChI=1S/C23H16F3N5OS/c1-13(30-21-20-16(28-12-29-21)8-5-9-27-20)17-10-18-19(15(11-33-18)23(24,25)26)22(32)31(17)14-6-3-2-4-7-14/h2-13H,1H3,(H,28,29,30). The zero-order valence-electron chi connectivity index (χ0n) is 17.2. The Kier molecular flexibility index (Phi) is 5.09. The van der Waals surface area contributed by atoms with Gasteiger partial charge in [0.15, 0.2) is 5.82 Å². The Bertz CT molecular complexity index is 1520. The Balaban J connectivity index is 1.71. The van der Waals surface area contributed by atoms with Gasteiger partial charge in [-0.05, 0) is 37.3 Å². The number of nitrogens with one attached hydrogen (secondary N) is 1. The van der Waals surface area contributed by atoms with Gasteiger partial charge >= 0.3 is 6.18 Å². The molecule has 0 aliphatic carbocycles. The molecule has 0 saturated carbocycles. The second-order valence-corrected chi connectivity index (χ2v) is 8.30. The van der Waals surface area contributed by atoms with Crippen molar-refractivity contribution in [1.82, 2.24) is 19.5 Å². The van der Waals surface area contributed by atoms with Gasteiger partial charge in [0, 0.05) is 27.7 Å². The third kappa shape index (κ3) is 3.72. The molecule has 10 heteroatoms. The molecule has 0 fully saturated rings. The van der Waals surface area contributed by atoms with Crippen LogP contribution in [0.1, 0.15) is 24.2 Å². The van der Waals surface area contributed by atoms with E-state index in [1.165, 1.54) is 10.9 Å². The summed E-state index contributed by atoms with van der Waals surface area (Å²) in [5.74, 6) is 0.461. The lowest BCUT2D eigenvalue weighted by molar-refractivity contribution is -0.136. The van der Waals surface area contributed by atoms with Crippen LogP contribution in [0.2, 0.25) is 0 Å². The van der Waals surface area contributed by atoms with Gasteiger partial charge in [-0.1, -0.05) is 18.2 Å². The fraction of sp³-hybridized carbons (Fsp3) is 0.130. The molecule has 0 amide bonds. The maximum atomic E-state index is 13.6. The molecule has 5 aromatic rings. The molecule has 6 nitrogen and oxygen atoms in total. The zero-order valence-corrected chi connectivity index (χ0v) is 18.0. The van der Waals surface area contributed by atoms with E-state index in [4.69, 9.17) is 0 Å². The lowest BCUT2D eigenvalue weighted by atomic mass is 10.1. The number of thiophene rings is 1. The summed E-state index contributed by atoms with van der Waals surface area (Å²) < 4.78 is 42.3. The van der Waals surface area contributed by atoms with Crippen molar-refractivity contribution in [2.75, 3.05) is 5.32 Å². The van der Waals surface area contributed by atoms with Crippen LogP contribution in [0, 0.1) is 0 Å². The molecule has 4 heterocycles. The van der Waals surface area contributed by atoms with E-state index in [9.17, 15) is 18.0 Å². The van der Waals surface area contributed by atoms with Gasteiger partial charge in [0.25, 0.3) is 5.56 Å². The molecule has 0 saturated heterocycles. The molecule has 0 aliphatic rings. The van der Waals surface area contributed by atoms with Crippen molar-refractivity contribution in [2.45, 2.75) is 19.1 Å². The predicted octanol–water partition coefficient (Wildman–Crippen LogP) is 5.58. The second kappa shape index (κ2) is 7.96. The van der Waals surface area contributed by atoms with E-state index in [2.05, 4.69) is 20.3 Å². The number of hydrogen-bond donors (Lipinski definition) is 1. The van der Waals surface area contributed by atoms with Crippen molar-refractivity contribution in [1.29, 1.82) is 0 Å². The third-order valence-electron chi connectivity index (χ3n) is 5.28. The van der Waals surface area contributed by atoms with Crippen molar-refractivity contribution < 1.29 is 13.2 Å². The molecule has 0 aliphatic heterocycles. The molecular formula is C23H16F3N5OS. The maximum absolute atomic E-state index is 13.6. The smallest absolute Gasteiger partial charge is 0.360 e. The summed E-state index contributed by atoms with van der Waals surface area (Å²) in [6.45, 7) is 1.81. The average Bonchev–Trinajstić information content (AvgIpc) is 3.25. The SMILES string of the molecule is CC(Nc1ncnc2cccnc12)c1cc2scc(C(F)(F)F)c2c(=O)n1-c1ccccc1. The molecule has 4 aromatic heterocycles. The number of aromatic nitrogens is 4. The van der Waals surface area contributed by atoms with Crippen molar-refractivity contribution in [3.05, 3.63) is 88.0 Å². The van der Waals surface area contributed by atoms with Crippen molar-refractivity contribution in [3.63, 3.8) is 0 Å². The Hall–Kier alpha value is -3.79. The number of benzene rings is 1. The van der Waals surface area contributed by atoms with Gasteiger partial charge in [0.05, 0.1) is 22.5 Å². The van der Waals surface area contributed by atoms with Crippen molar-refractivity contribution >= 4 is 38.3 Å². The van der Waals surface area contributed by atoms with Crippen LogP contribution in [0.5, 0.6) is 0 Å². The Morgan fingerprint density at radius 1 is 1.06 bits per heavy atom. The van der Waals surface area contributed by atoms with Gasteiger partial charge in [-0.2, -0.15) is 13.2 Å². The number of halogens is 3. The third-order valence-corrected chi connectivity index (χ3v) is 6.21. The van der Waals surface area contributed by atoms with E-state index in [0.717, 1.165) is 16.7 Å². The molecule has 1 N–H and O–H groups in total. The Labute approximate surface area is 189 Å². The monoisotopic (exact) mass is 467 g/mol. The maximum Gasteiger partial charge on any atom is 0.418 e. The Morgan fingerprint density at radius 2 is 1.85 bits per heavy atom. The normalized spacial score (nSPS) is 12.8. The first-order chi connectivity index (χ1) is 15.8. The minimum Gasteiger partial charge on any atom is -0.360 e. The number of pyridine rings is 2. The van der Waals surface area contributed by atoms with Gasteiger partial charge in [-0.15, -0.1) is 11.3 Å². The highest BCUT2D eigenvalue weighted by molar-refractivity contribution is 7.17. The first-order valence-corrected chi connectivity index (χ1v) is 10.8. The van der Waals surface area contributed by atoms with Crippen LogP contribution < -0.4 is 10.9 Å². The van der Waals surface area contributed by atoms with E-state index in [1.54, 1.807) is 54.7 Å². The number of anilines is 1. The van der Waals surface area contributed by atoms with Crippen LogP contribution >= 0.6 is 11.3 Å². The van der Waals surface area contributed by atoms with E-state index < -0.39 is 23.3 Å². The summed E-state index contributed by atoms with van der Waals surface area (Å²) in [6, 6.07) is 13.3. The van der Waals surface area contributed by atoms with E-state index >= 15 is 0 Å². The van der Waals surface area contributed by atoms with E-state index in [1.807, 2.05) is 6.92 Å². The first kappa shape index (κ1) is 21.1. The van der Waals surface area contributed by atoms with Gasteiger partial charge in [0.2, 0.25) is 0 Å². The molecule has 1 unspecified atom stereocenters. The number of rotatable bonds is 4. The van der Waals surface area contributed by atoms with E-state index in [-0.39, 0.29) is 10.1 Å². The summed E-state index contributed by atoms with van der Waals surface area (Å²) >= 11 is 0.900. The highest BCUT2D eigenvalue weighted by Crippen LogP contribution is 2.38. The highest BCUT2D eigenvalue weighted by atomic mass is 32.1. The number of fused-ring (bicyclic) bond motifs is 2. The fourth-order valence-corrected chi connectivity index (χ4v) is 4.78. The number of nitrogens with zero attached hydrogens (tertiary/aromatic N) is 4. The molecule has 166 valence electrons. The van der Waals surface area contributed by atoms with Gasteiger partial charge < -0.3 is 5.32 Å². The molecule has 1 aromatic carbocycles. The van der Waals surface area contributed by atoms with Gasteiger partial charge in [-0.25, -0.2) is 9.97 Å². The second-order valence-electron chi connectivity index (χ2n) is 7.39. The minimum atomic E-state index is -4.62. The van der Waals surface area contributed by atoms with Crippen LogP contribution in [0.3, 0.4) is 0 Å². The largest absolute Gasteiger partial charge is 0.418 e. The topological polar surface area (TPSA) is 72.7 Å². The minimum absolute atomic E-state index is 0.272. The predicted molar refractivity (Wildman–Crippen MR) is 122 cm³/mol. The zero-order chi connectivity index (χ0) is 23.2. The molecule has 0 radical (unpaired) electrons.